The Hall–Kier alpha value is -1.25. The standard InChI is InChI=1S/C16H14Cl2FN/c17-12-5-8-15(14(18)9-12)20-16(10-1-2-10)11-3-6-13(19)7-4-11/h3-10,16,20H,1-2H2. The first-order valence-corrected chi connectivity index (χ1v) is 7.36. The molecule has 1 N–H and O–H groups in total. The molecule has 0 heterocycles. The van der Waals surface area contributed by atoms with Crippen LogP contribution >= 0.6 is 23.2 Å². The summed E-state index contributed by atoms with van der Waals surface area (Å²) in [6.07, 6.45) is 2.36. The van der Waals surface area contributed by atoms with E-state index in [2.05, 4.69) is 5.32 Å². The van der Waals surface area contributed by atoms with E-state index >= 15 is 0 Å². The van der Waals surface area contributed by atoms with Crippen LogP contribution in [0.1, 0.15) is 24.4 Å². The first kappa shape index (κ1) is 13.7. The van der Waals surface area contributed by atoms with E-state index in [1.807, 2.05) is 24.3 Å². The molecule has 0 aliphatic heterocycles. The second-order valence-electron chi connectivity index (χ2n) is 5.14. The molecular weight excluding hydrogens is 296 g/mol. The van der Waals surface area contributed by atoms with E-state index in [9.17, 15) is 4.39 Å². The molecule has 0 amide bonds. The van der Waals surface area contributed by atoms with E-state index in [4.69, 9.17) is 23.2 Å². The number of hydrogen-bond donors (Lipinski definition) is 1. The molecular formula is C16H14Cl2FN. The molecule has 1 aliphatic rings. The molecule has 1 aliphatic carbocycles. The third-order valence-corrected chi connectivity index (χ3v) is 4.11. The highest BCUT2D eigenvalue weighted by Crippen LogP contribution is 2.43. The summed E-state index contributed by atoms with van der Waals surface area (Å²) in [5.74, 6) is 0.361. The lowest BCUT2D eigenvalue weighted by Gasteiger charge is -2.21. The zero-order chi connectivity index (χ0) is 14.1. The van der Waals surface area contributed by atoms with Crippen LogP contribution in [0, 0.1) is 11.7 Å². The number of benzene rings is 2. The van der Waals surface area contributed by atoms with Gasteiger partial charge in [0.25, 0.3) is 0 Å². The lowest BCUT2D eigenvalue weighted by atomic mass is 10.0. The molecule has 4 heteroatoms. The smallest absolute Gasteiger partial charge is 0.123 e. The minimum atomic E-state index is -0.215. The average Bonchev–Trinajstić information content (AvgIpc) is 3.24. The Balaban J connectivity index is 1.86. The van der Waals surface area contributed by atoms with Crippen molar-refractivity contribution in [3.05, 3.63) is 63.9 Å². The normalized spacial score (nSPS) is 15.9. The van der Waals surface area contributed by atoms with Crippen LogP contribution in [0.4, 0.5) is 10.1 Å². The van der Waals surface area contributed by atoms with Gasteiger partial charge in [0.1, 0.15) is 5.82 Å². The van der Waals surface area contributed by atoms with Crippen molar-refractivity contribution < 1.29 is 4.39 Å². The SMILES string of the molecule is Fc1ccc(C(Nc2ccc(Cl)cc2Cl)C2CC2)cc1. The van der Waals surface area contributed by atoms with Crippen molar-refractivity contribution in [2.24, 2.45) is 5.92 Å². The van der Waals surface area contributed by atoms with Gasteiger partial charge in [-0.3, -0.25) is 0 Å². The number of nitrogens with one attached hydrogen (secondary N) is 1. The minimum absolute atomic E-state index is 0.161. The molecule has 20 heavy (non-hydrogen) atoms. The number of rotatable bonds is 4. The molecule has 1 atom stereocenters. The summed E-state index contributed by atoms with van der Waals surface area (Å²) in [6, 6.07) is 12.2. The largest absolute Gasteiger partial charge is 0.377 e. The fourth-order valence-electron chi connectivity index (χ4n) is 2.35. The fraction of sp³-hybridized carbons (Fsp3) is 0.250. The van der Waals surface area contributed by atoms with Gasteiger partial charge in [-0.15, -0.1) is 0 Å². The number of hydrogen-bond acceptors (Lipinski definition) is 1. The van der Waals surface area contributed by atoms with Crippen molar-refractivity contribution in [1.82, 2.24) is 0 Å². The molecule has 2 aromatic carbocycles. The summed E-state index contributed by atoms with van der Waals surface area (Å²) in [4.78, 5) is 0. The minimum Gasteiger partial charge on any atom is -0.377 e. The first-order valence-electron chi connectivity index (χ1n) is 6.60. The zero-order valence-electron chi connectivity index (χ0n) is 10.7. The molecule has 0 radical (unpaired) electrons. The second kappa shape index (κ2) is 5.63. The van der Waals surface area contributed by atoms with Gasteiger partial charge in [0.15, 0.2) is 0 Å². The second-order valence-corrected chi connectivity index (χ2v) is 5.98. The van der Waals surface area contributed by atoms with Crippen LogP contribution in [0.25, 0.3) is 0 Å². The molecule has 0 bridgehead atoms. The lowest BCUT2D eigenvalue weighted by molar-refractivity contribution is 0.622. The first-order chi connectivity index (χ1) is 9.63. The topological polar surface area (TPSA) is 12.0 Å². The van der Waals surface area contributed by atoms with Crippen molar-refractivity contribution in [1.29, 1.82) is 0 Å². The Morgan fingerprint density at radius 2 is 1.75 bits per heavy atom. The summed E-state index contributed by atoms with van der Waals surface area (Å²) < 4.78 is 13.0. The molecule has 2 aromatic rings. The Bertz CT molecular complexity index is 608. The highest BCUT2D eigenvalue weighted by Gasteiger charge is 2.32. The fourth-order valence-corrected chi connectivity index (χ4v) is 2.81. The average molecular weight is 310 g/mol. The highest BCUT2D eigenvalue weighted by atomic mass is 35.5. The summed E-state index contributed by atoms with van der Waals surface area (Å²) in [7, 11) is 0. The van der Waals surface area contributed by atoms with Crippen LogP contribution in [-0.4, -0.2) is 0 Å². The van der Waals surface area contributed by atoms with Crippen molar-refractivity contribution >= 4 is 28.9 Å². The number of halogens is 3. The summed E-state index contributed by atoms with van der Waals surface area (Å²) >= 11 is 12.1. The Labute approximate surface area is 127 Å². The monoisotopic (exact) mass is 309 g/mol. The van der Waals surface area contributed by atoms with Crippen LogP contribution in [0.5, 0.6) is 0 Å². The van der Waals surface area contributed by atoms with Crippen LogP contribution in [0.15, 0.2) is 42.5 Å². The van der Waals surface area contributed by atoms with E-state index in [0.29, 0.717) is 16.0 Å². The van der Waals surface area contributed by atoms with Gasteiger partial charge in [-0.25, -0.2) is 4.39 Å². The molecule has 0 spiro atoms. The number of anilines is 1. The summed E-state index contributed by atoms with van der Waals surface area (Å²) in [5, 5.41) is 4.68. The van der Waals surface area contributed by atoms with Crippen molar-refractivity contribution in [2.45, 2.75) is 18.9 Å². The van der Waals surface area contributed by atoms with Crippen molar-refractivity contribution in [3.8, 4) is 0 Å². The van der Waals surface area contributed by atoms with E-state index < -0.39 is 0 Å². The lowest BCUT2D eigenvalue weighted by Crippen LogP contribution is -2.13. The third kappa shape index (κ3) is 3.08. The van der Waals surface area contributed by atoms with E-state index in [1.165, 1.54) is 25.0 Å². The molecule has 3 rings (SSSR count). The predicted molar refractivity (Wildman–Crippen MR) is 81.9 cm³/mol. The van der Waals surface area contributed by atoms with Crippen LogP contribution in [-0.2, 0) is 0 Å². The molecule has 1 saturated carbocycles. The highest BCUT2D eigenvalue weighted by molar-refractivity contribution is 6.36. The maximum Gasteiger partial charge on any atom is 0.123 e. The van der Waals surface area contributed by atoms with Gasteiger partial charge in [-0.2, -0.15) is 0 Å². The maximum absolute atomic E-state index is 13.0. The van der Waals surface area contributed by atoms with Crippen LogP contribution in [0.2, 0.25) is 10.0 Å². The molecule has 1 fully saturated rings. The van der Waals surface area contributed by atoms with E-state index in [1.54, 1.807) is 6.07 Å². The van der Waals surface area contributed by atoms with Crippen LogP contribution in [0.3, 0.4) is 0 Å². The van der Waals surface area contributed by atoms with Gasteiger partial charge in [0.2, 0.25) is 0 Å². The predicted octanol–water partition coefficient (Wildman–Crippen LogP) is 5.70. The van der Waals surface area contributed by atoms with Gasteiger partial charge in [-0.05, 0) is 54.7 Å². The van der Waals surface area contributed by atoms with Gasteiger partial charge < -0.3 is 5.32 Å². The third-order valence-electron chi connectivity index (χ3n) is 3.56. The van der Waals surface area contributed by atoms with Gasteiger partial charge in [0, 0.05) is 5.02 Å². The zero-order valence-corrected chi connectivity index (χ0v) is 12.3. The molecule has 104 valence electrons. The van der Waals surface area contributed by atoms with Crippen molar-refractivity contribution in [3.63, 3.8) is 0 Å². The molecule has 0 saturated heterocycles. The van der Waals surface area contributed by atoms with Crippen molar-refractivity contribution in [2.75, 3.05) is 5.32 Å². The molecule has 0 aromatic heterocycles. The van der Waals surface area contributed by atoms with Gasteiger partial charge in [-0.1, -0.05) is 35.3 Å². The Morgan fingerprint density at radius 1 is 1.05 bits per heavy atom. The Morgan fingerprint density at radius 3 is 2.35 bits per heavy atom. The molecule has 1 nitrogen and oxygen atoms in total. The van der Waals surface area contributed by atoms with Crippen LogP contribution < -0.4 is 5.32 Å². The van der Waals surface area contributed by atoms with Gasteiger partial charge in [0.05, 0.1) is 16.8 Å². The van der Waals surface area contributed by atoms with Gasteiger partial charge >= 0.3 is 0 Å². The Kier molecular flexibility index (Phi) is 3.86. The maximum atomic E-state index is 13.0. The molecule has 1 unspecified atom stereocenters. The summed E-state index contributed by atoms with van der Waals surface area (Å²) in [6.45, 7) is 0. The van der Waals surface area contributed by atoms with E-state index in [-0.39, 0.29) is 11.9 Å². The van der Waals surface area contributed by atoms with E-state index in [0.717, 1.165) is 11.3 Å². The quantitative estimate of drug-likeness (QED) is 0.764. The summed E-state index contributed by atoms with van der Waals surface area (Å²) in [5.41, 5.74) is 1.94.